The van der Waals surface area contributed by atoms with E-state index >= 15 is 0 Å². The molecule has 0 aromatic carbocycles. The van der Waals surface area contributed by atoms with Gasteiger partial charge in [-0.2, -0.15) is 13.2 Å². The Hall–Kier alpha value is -0.290. The topological polar surface area (TPSA) is 12.5 Å². The Morgan fingerprint density at radius 2 is 1.69 bits per heavy atom. The Bertz CT molecular complexity index is 143. The summed E-state index contributed by atoms with van der Waals surface area (Å²) in [7, 11) is 0. The number of nitrogens with zero attached hydrogens (tertiary/aromatic N) is 1. The molecular weight excluding hydrogens is 183 g/mol. The summed E-state index contributed by atoms with van der Waals surface area (Å²) in [6.07, 6.45) is -0.893. The molecule has 0 unspecified atom stereocenters. The Labute approximate surface area is 75.7 Å². The Kier molecular flexibility index (Phi) is 3.99. The molecule has 0 N–H and O–H groups in total. The summed E-state index contributed by atoms with van der Waals surface area (Å²) >= 11 is 0. The summed E-state index contributed by atoms with van der Waals surface area (Å²) in [4.78, 5) is 1.91. The van der Waals surface area contributed by atoms with Gasteiger partial charge in [0.15, 0.2) is 0 Å². The molecule has 0 aliphatic carbocycles. The molecule has 0 aromatic heterocycles. The van der Waals surface area contributed by atoms with Crippen molar-refractivity contribution in [1.29, 1.82) is 0 Å². The molecule has 0 amide bonds. The highest BCUT2D eigenvalue weighted by Gasteiger charge is 2.27. The van der Waals surface area contributed by atoms with Gasteiger partial charge < -0.3 is 4.74 Å². The van der Waals surface area contributed by atoms with Gasteiger partial charge in [-0.25, -0.2) is 0 Å². The summed E-state index contributed by atoms with van der Waals surface area (Å²) in [5, 5.41) is 0. The van der Waals surface area contributed by atoms with Gasteiger partial charge in [-0.15, -0.1) is 0 Å². The second-order valence-electron chi connectivity index (χ2n) is 3.27. The smallest absolute Gasteiger partial charge is 0.357 e. The molecule has 1 fully saturated rings. The van der Waals surface area contributed by atoms with Crippen LogP contribution in [-0.4, -0.2) is 37.5 Å². The van der Waals surface area contributed by atoms with Gasteiger partial charge in [-0.1, -0.05) is 6.42 Å². The van der Waals surface area contributed by atoms with Gasteiger partial charge in [0.2, 0.25) is 0 Å². The van der Waals surface area contributed by atoms with Crippen LogP contribution in [0.4, 0.5) is 13.2 Å². The molecular formula is C8H14F3NO. The second-order valence-corrected chi connectivity index (χ2v) is 3.27. The van der Waals surface area contributed by atoms with Crippen LogP contribution in [0.1, 0.15) is 19.3 Å². The van der Waals surface area contributed by atoms with Gasteiger partial charge in [0.25, 0.3) is 0 Å². The molecule has 0 atom stereocenters. The largest absolute Gasteiger partial charge is 0.411 e. The average molecular weight is 197 g/mol. The number of likely N-dealkylation sites (tertiary alicyclic amines) is 1. The lowest BCUT2D eigenvalue weighted by Gasteiger charge is -2.26. The van der Waals surface area contributed by atoms with Gasteiger partial charge >= 0.3 is 6.18 Å². The monoisotopic (exact) mass is 197 g/mol. The standard InChI is InChI=1S/C8H14F3NO/c9-8(10,11)6-13-7-12-4-2-1-3-5-12/h1-7H2. The maximum absolute atomic E-state index is 11.7. The maximum Gasteiger partial charge on any atom is 0.411 e. The van der Waals surface area contributed by atoms with Gasteiger partial charge in [0, 0.05) is 13.1 Å². The summed E-state index contributed by atoms with van der Waals surface area (Å²) in [5.41, 5.74) is 0. The maximum atomic E-state index is 11.7. The molecule has 0 spiro atoms. The average Bonchev–Trinajstić information content (AvgIpc) is 2.04. The van der Waals surface area contributed by atoms with Crippen LogP contribution in [0.3, 0.4) is 0 Å². The molecule has 0 radical (unpaired) electrons. The second kappa shape index (κ2) is 4.81. The predicted octanol–water partition coefficient (Wildman–Crippen LogP) is 2.01. The minimum atomic E-state index is -4.20. The van der Waals surface area contributed by atoms with Crippen LogP contribution >= 0.6 is 0 Å². The molecule has 1 rings (SSSR count). The summed E-state index contributed by atoms with van der Waals surface area (Å²) in [5.74, 6) is 0. The number of ether oxygens (including phenoxy) is 1. The normalized spacial score (nSPS) is 20.5. The number of piperidine rings is 1. The van der Waals surface area contributed by atoms with E-state index in [1.807, 2.05) is 4.90 Å². The number of alkyl halides is 3. The lowest BCUT2D eigenvalue weighted by atomic mass is 10.1. The van der Waals surface area contributed by atoms with E-state index in [0.717, 1.165) is 25.9 Å². The fraction of sp³-hybridized carbons (Fsp3) is 1.00. The van der Waals surface area contributed by atoms with Crippen LogP contribution < -0.4 is 0 Å². The van der Waals surface area contributed by atoms with Crippen LogP contribution in [0, 0.1) is 0 Å². The molecule has 13 heavy (non-hydrogen) atoms. The predicted molar refractivity (Wildman–Crippen MR) is 42.3 cm³/mol. The molecule has 1 saturated heterocycles. The van der Waals surface area contributed by atoms with E-state index in [0.29, 0.717) is 0 Å². The van der Waals surface area contributed by atoms with E-state index in [9.17, 15) is 13.2 Å². The van der Waals surface area contributed by atoms with Crippen molar-refractivity contribution in [3.8, 4) is 0 Å². The van der Waals surface area contributed by atoms with E-state index in [-0.39, 0.29) is 6.73 Å². The zero-order valence-electron chi connectivity index (χ0n) is 7.44. The van der Waals surface area contributed by atoms with E-state index in [4.69, 9.17) is 0 Å². The third-order valence-electron chi connectivity index (χ3n) is 1.99. The molecule has 1 aliphatic rings. The first kappa shape index (κ1) is 10.8. The SMILES string of the molecule is FC(F)(F)COCN1CCCCC1. The lowest BCUT2D eigenvalue weighted by Crippen LogP contribution is -2.33. The Morgan fingerprint density at radius 1 is 1.08 bits per heavy atom. The van der Waals surface area contributed by atoms with Crippen molar-refractivity contribution in [2.75, 3.05) is 26.4 Å². The first-order valence-electron chi connectivity index (χ1n) is 4.45. The van der Waals surface area contributed by atoms with Gasteiger partial charge in [0.1, 0.15) is 6.61 Å². The van der Waals surface area contributed by atoms with Crippen molar-refractivity contribution in [3.63, 3.8) is 0 Å². The molecule has 78 valence electrons. The van der Waals surface area contributed by atoms with Crippen molar-refractivity contribution >= 4 is 0 Å². The van der Waals surface area contributed by atoms with Crippen molar-refractivity contribution < 1.29 is 17.9 Å². The van der Waals surface area contributed by atoms with Gasteiger partial charge in [0.05, 0.1) is 6.73 Å². The summed E-state index contributed by atoms with van der Waals surface area (Å²) in [6, 6.07) is 0. The highest BCUT2D eigenvalue weighted by atomic mass is 19.4. The third-order valence-corrected chi connectivity index (χ3v) is 1.99. The van der Waals surface area contributed by atoms with Crippen LogP contribution in [0.2, 0.25) is 0 Å². The molecule has 1 aliphatic heterocycles. The minimum absolute atomic E-state index is 0.111. The van der Waals surface area contributed by atoms with Crippen molar-refractivity contribution in [1.82, 2.24) is 4.90 Å². The highest BCUT2D eigenvalue weighted by Crippen LogP contribution is 2.15. The highest BCUT2D eigenvalue weighted by molar-refractivity contribution is 4.61. The van der Waals surface area contributed by atoms with Crippen molar-refractivity contribution in [2.24, 2.45) is 0 Å². The Balaban J connectivity index is 2.04. The number of hydrogen-bond acceptors (Lipinski definition) is 2. The van der Waals surface area contributed by atoms with Gasteiger partial charge in [-0.05, 0) is 12.8 Å². The zero-order valence-corrected chi connectivity index (χ0v) is 7.44. The van der Waals surface area contributed by atoms with Crippen LogP contribution in [0.5, 0.6) is 0 Å². The molecule has 0 bridgehead atoms. The first-order chi connectivity index (χ1) is 6.08. The first-order valence-corrected chi connectivity index (χ1v) is 4.45. The van der Waals surface area contributed by atoms with E-state index in [1.54, 1.807) is 0 Å². The van der Waals surface area contributed by atoms with Gasteiger partial charge in [-0.3, -0.25) is 4.90 Å². The molecule has 5 heteroatoms. The summed E-state index contributed by atoms with van der Waals surface area (Å²) in [6.45, 7) is 0.693. The Morgan fingerprint density at radius 3 is 2.23 bits per heavy atom. The number of hydrogen-bond donors (Lipinski definition) is 0. The van der Waals surface area contributed by atoms with Crippen LogP contribution in [-0.2, 0) is 4.74 Å². The quantitative estimate of drug-likeness (QED) is 0.686. The van der Waals surface area contributed by atoms with E-state index in [2.05, 4.69) is 4.74 Å². The lowest BCUT2D eigenvalue weighted by molar-refractivity contribution is -0.183. The van der Waals surface area contributed by atoms with E-state index in [1.165, 1.54) is 6.42 Å². The zero-order chi connectivity index (χ0) is 9.73. The van der Waals surface area contributed by atoms with Crippen molar-refractivity contribution in [3.05, 3.63) is 0 Å². The minimum Gasteiger partial charge on any atom is -0.357 e. The molecule has 1 heterocycles. The molecule has 0 aromatic rings. The number of rotatable bonds is 3. The third kappa shape index (κ3) is 5.10. The van der Waals surface area contributed by atoms with Crippen LogP contribution in [0.15, 0.2) is 0 Å². The molecule has 2 nitrogen and oxygen atoms in total. The van der Waals surface area contributed by atoms with E-state index < -0.39 is 12.8 Å². The fourth-order valence-corrected chi connectivity index (χ4v) is 1.38. The number of halogens is 3. The summed E-state index contributed by atoms with van der Waals surface area (Å²) < 4.78 is 39.5. The van der Waals surface area contributed by atoms with Crippen LogP contribution in [0.25, 0.3) is 0 Å². The molecule has 0 saturated carbocycles. The van der Waals surface area contributed by atoms with Crippen molar-refractivity contribution in [2.45, 2.75) is 25.4 Å². The fourth-order valence-electron chi connectivity index (χ4n) is 1.38.